The van der Waals surface area contributed by atoms with Crippen LogP contribution in [0.2, 0.25) is 0 Å². The fourth-order valence-electron chi connectivity index (χ4n) is 2.43. The molecule has 3 rings (SSSR count). The highest BCUT2D eigenvalue weighted by Gasteiger charge is 2.24. The SMILES string of the molecule is Cn1[nH]c(=O)c2c1CN(Cc1ccccc1)C2. The zero-order valence-electron chi connectivity index (χ0n) is 9.81. The minimum atomic E-state index is 0.0538. The Morgan fingerprint density at radius 2 is 2.00 bits per heavy atom. The number of nitrogens with zero attached hydrogens (tertiary/aromatic N) is 2. The second-order valence-corrected chi connectivity index (χ2v) is 4.56. The molecule has 1 N–H and O–H groups in total. The number of hydrogen-bond acceptors (Lipinski definition) is 2. The third-order valence-electron chi connectivity index (χ3n) is 3.30. The number of aryl methyl sites for hydroxylation is 1. The van der Waals surface area contributed by atoms with Crippen molar-refractivity contribution in [3.05, 3.63) is 57.5 Å². The van der Waals surface area contributed by atoms with Gasteiger partial charge in [-0.15, -0.1) is 0 Å². The maximum absolute atomic E-state index is 11.6. The maximum atomic E-state index is 11.6. The Kier molecular flexibility index (Phi) is 2.37. The van der Waals surface area contributed by atoms with Crippen LogP contribution in [0.4, 0.5) is 0 Å². The van der Waals surface area contributed by atoms with Gasteiger partial charge in [-0.1, -0.05) is 30.3 Å². The van der Waals surface area contributed by atoms with Crippen molar-refractivity contribution in [3.63, 3.8) is 0 Å². The van der Waals surface area contributed by atoms with Crippen LogP contribution < -0.4 is 5.56 Å². The van der Waals surface area contributed by atoms with E-state index in [0.29, 0.717) is 0 Å². The number of rotatable bonds is 2. The van der Waals surface area contributed by atoms with E-state index in [1.807, 2.05) is 29.9 Å². The van der Waals surface area contributed by atoms with E-state index >= 15 is 0 Å². The summed E-state index contributed by atoms with van der Waals surface area (Å²) in [7, 11) is 1.90. The second-order valence-electron chi connectivity index (χ2n) is 4.56. The normalized spacial score (nSPS) is 15.1. The van der Waals surface area contributed by atoms with Crippen molar-refractivity contribution in [2.24, 2.45) is 7.05 Å². The van der Waals surface area contributed by atoms with Crippen molar-refractivity contribution < 1.29 is 0 Å². The van der Waals surface area contributed by atoms with E-state index in [4.69, 9.17) is 0 Å². The van der Waals surface area contributed by atoms with Gasteiger partial charge in [-0.2, -0.15) is 0 Å². The van der Waals surface area contributed by atoms with Crippen LogP contribution in [-0.2, 0) is 26.7 Å². The largest absolute Gasteiger partial charge is 0.291 e. The van der Waals surface area contributed by atoms with Crippen LogP contribution in [-0.4, -0.2) is 14.7 Å². The van der Waals surface area contributed by atoms with Crippen LogP contribution >= 0.6 is 0 Å². The summed E-state index contributed by atoms with van der Waals surface area (Å²) in [6.45, 7) is 2.49. The smallest absolute Gasteiger partial charge is 0.268 e. The van der Waals surface area contributed by atoms with Gasteiger partial charge < -0.3 is 0 Å². The Hall–Kier alpha value is -1.81. The predicted octanol–water partition coefficient (Wildman–Crippen LogP) is 1.23. The van der Waals surface area contributed by atoms with Gasteiger partial charge in [0.1, 0.15) is 0 Å². The number of H-pyrrole nitrogens is 1. The molecule has 0 spiro atoms. The first-order valence-corrected chi connectivity index (χ1v) is 5.77. The Morgan fingerprint density at radius 3 is 2.71 bits per heavy atom. The molecule has 4 heteroatoms. The highest BCUT2D eigenvalue weighted by Crippen LogP contribution is 2.20. The van der Waals surface area contributed by atoms with Gasteiger partial charge in [-0.05, 0) is 5.56 Å². The third-order valence-corrected chi connectivity index (χ3v) is 3.30. The van der Waals surface area contributed by atoms with Crippen LogP contribution in [0.25, 0.3) is 0 Å². The lowest BCUT2D eigenvalue weighted by atomic mass is 10.2. The molecule has 0 unspecified atom stereocenters. The number of aromatic nitrogens is 2. The molecular formula is C13H15N3O. The Balaban J connectivity index is 1.79. The van der Waals surface area contributed by atoms with E-state index in [9.17, 15) is 4.79 Å². The van der Waals surface area contributed by atoms with Crippen molar-refractivity contribution in [1.82, 2.24) is 14.7 Å². The quantitative estimate of drug-likeness (QED) is 0.841. The molecule has 0 atom stereocenters. The average molecular weight is 229 g/mol. The molecule has 0 aliphatic carbocycles. The van der Waals surface area contributed by atoms with Crippen LogP contribution in [0, 0.1) is 0 Å². The molecule has 0 saturated carbocycles. The van der Waals surface area contributed by atoms with Crippen LogP contribution in [0.1, 0.15) is 16.8 Å². The lowest BCUT2D eigenvalue weighted by Gasteiger charge is -2.15. The van der Waals surface area contributed by atoms with E-state index < -0.39 is 0 Å². The Labute approximate surface area is 99.5 Å². The van der Waals surface area contributed by atoms with Gasteiger partial charge in [0.2, 0.25) is 0 Å². The summed E-state index contributed by atoms with van der Waals surface area (Å²) in [5.41, 5.74) is 3.38. The monoisotopic (exact) mass is 229 g/mol. The van der Waals surface area contributed by atoms with E-state index in [1.54, 1.807) is 0 Å². The number of aromatic amines is 1. The average Bonchev–Trinajstić information content (AvgIpc) is 2.83. The van der Waals surface area contributed by atoms with Crippen molar-refractivity contribution in [2.45, 2.75) is 19.6 Å². The second kappa shape index (κ2) is 3.89. The zero-order valence-corrected chi connectivity index (χ0v) is 9.81. The highest BCUT2D eigenvalue weighted by atomic mass is 16.1. The van der Waals surface area contributed by atoms with Crippen molar-refractivity contribution >= 4 is 0 Å². The molecule has 1 aliphatic heterocycles. The van der Waals surface area contributed by atoms with Crippen molar-refractivity contribution in [3.8, 4) is 0 Å². The van der Waals surface area contributed by atoms with Gasteiger partial charge in [0.25, 0.3) is 5.56 Å². The standard InChI is InChI=1S/C13H15N3O/c1-15-12-9-16(8-11(12)13(17)14-15)7-10-5-3-2-4-6-10/h2-6H,7-9H2,1H3,(H,14,17). The molecule has 17 heavy (non-hydrogen) atoms. The zero-order chi connectivity index (χ0) is 11.8. The molecule has 1 aromatic heterocycles. The van der Waals surface area contributed by atoms with Crippen LogP contribution in [0.5, 0.6) is 0 Å². The highest BCUT2D eigenvalue weighted by molar-refractivity contribution is 5.23. The molecule has 0 fully saturated rings. The van der Waals surface area contributed by atoms with Crippen LogP contribution in [0.3, 0.4) is 0 Å². The molecule has 1 aliphatic rings. The number of fused-ring (bicyclic) bond motifs is 1. The first-order valence-electron chi connectivity index (χ1n) is 5.77. The number of hydrogen-bond donors (Lipinski definition) is 1. The minimum absolute atomic E-state index is 0.0538. The molecule has 2 aromatic rings. The summed E-state index contributed by atoms with van der Waals surface area (Å²) < 4.78 is 1.84. The fraction of sp³-hybridized carbons (Fsp3) is 0.308. The third kappa shape index (κ3) is 1.80. The van der Waals surface area contributed by atoms with Gasteiger partial charge in [0, 0.05) is 26.7 Å². The Morgan fingerprint density at radius 1 is 1.24 bits per heavy atom. The summed E-state index contributed by atoms with van der Waals surface area (Å²) in [4.78, 5) is 13.9. The van der Waals surface area contributed by atoms with Gasteiger partial charge >= 0.3 is 0 Å². The molecule has 1 aromatic carbocycles. The first-order chi connectivity index (χ1) is 8.24. The molecule has 4 nitrogen and oxygen atoms in total. The summed E-state index contributed by atoms with van der Waals surface area (Å²) in [6.07, 6.45) is 0. The topological polar surface area (TPSA) is 41.0 Å². The summed E-state index contributed by atoms with van der Waals surface area (Å²) >= 11 is 0. The van der Waals surface area contributed by atoms with Crippen molar-refractivity contribution in [2.75, 3.05) is 0 Å². The molecule has 2 heterocycles. The van der Waals surface area contributed by atoms with E-state index in [-0.39, 0.29) is 5.56 Å². The maximum Gasteiger partial charge on any atom is 0.268 e. The van der Waals surface area contributed by atoms with E-state index in [0.717, 1.165) is 30.9 Å². The van der Waals surface area contributed by atoms with Gasteiger partial charge in [-0.25, -0.2) is 0 Å². The van der Waals surface area contributed by atoms with Gasteiger partial charge in [-0.3, -0.25) is 19.5 Å². The molecule has 0 bridgehead atoms. The van der Waals surface area contributed by atoms with E-state index in [1.165, 1.54) is 5.56 Å². The number of benzene rings is 1. The van der Waals surface area contributed by atoms with Gasteiger partial charge in [0.05, 0.1) is 11.3 Å². The summed E-state index contributed by atoms with van der Waals surface area (Å²) in [6, 6.07) is 10.4. The molecular weight excluding hydrogens is 214 g/mol. The first kappa shape index (κ1) is 10.4. The van der Waals surface area contributed by atoms with Crippen LogP contribution in [0.15, 0.2) is 35.1 Å². The molecule has 0 radical (unpaired) electrons. The van der Waals surface area contributed by atoms with Crippen molar-refractivity contribution in [1.29, 1.82) is 0 Å². The Bertz CT molecular complexity index is 582. The lowest BCUT2D eigenvalue weighted by Crippen LogP contribution is -2.20. The van der Waals surface area contributed by atoms with Gasteiger partial charge in [0.15, 0.2) is 0 Å². The summed E-state index contributed by atoms with van der Waals surface area (Å²) in [5.74, 6) is 0. The summed E-state index contributed by atoms with van der Waals surface area (Å²) in [5, 5.41) is 2.80. The predicted molar refractivity (Wildman–Crippen MR) is 65.4 cm³/mol. The minimum Gasteiger partial charge on any atom is -0.291 e. The molecule has 0 saturated heterocycles. The molecule has 88 valence electrons. The lowest BCUT2D eigenvalue weighted by molar-refractivity contribution is 0.268. The molecule has 0 amide bonds. The number of nitrogens with one attached hydrogen (secondary N) is 1. The van der Waals surface area contributed by atoms with E-state index in [2.05, 4.69) is 22.1 Å². The fourth-order valence-corrected chi connectivity index (χ4v) is 2.43.